The lowest BCUT2D eigenvalue weighted by Crippen LogP contribution is -2.67. The molecule has 6 heterocycles. The van der Waals surface area contributed by atoms with E-state index in [0.717, 1.165) is 81.3 Å². The number of phenols is 1. The van der Waals surface area contributed by atoms with Crippen LogP contribution >= 0.6 is 0 Å². The summed E-state index contributed by atoms with van der Waals surface area (Å²) < 4.78 is 8.24. The van der Waals surface area contributed by atoms with Crippen LogP contribution in [0.5, 0.6) is 5.75 Å². The Hall–Kier alpha value is -6.34. The van der Waals surface area contributed by atoms with Crippen LogP contribution in [-0.4, -0.2) is 164 Å². The summed E-state index contributed by atoms with van der Waals surface area (Å²) in [5, 5.41) is 39.7. The maximum absolute atomic E-state index is 14.8. The first-order chi connectivity index (χ1) is 33.6. The van der Waals surface area contributed by atoms with Crippen molar-refractivity contribution in [3.63, 3.8) is 0 Å². The number of likely N-dealkylation sites (tertiary alicyclic amines) is 1. The number of rotatable bonds is 9. The number of aliphatic hydroxyl groups is 2. The number of esters is 1. The van der Waals surface area contributed by atoms with Crippen molar-refractivity contribution in [3.8, 4) is 28.1 Å². The first-order valence-corrected chi connectivity index (χ1v) is 24.7. The number of likely N-dealkylation sites (N-methyl/N-ethyl adjacent to an activating group) is 2. The number of anilines is 1. The number of hydrogen-bond acceptors (Lipinski definition) is 13. The Balaban J connectivity index is 1.19. The molecular formula is C53H69N9O9. The highest BCUT2D eigenvalue weighted by Crippen LogP contribution is 2.41. The molecule has 4 atom stereocenters. The molecule has 2 aromatic heterocycles. The lowest BCUT2D eigenvalue weighted by Gasteiger charge is -2.40. The van der Waals surface area contributed by atoms with Gasteiger partial charge in [0.15, 0.2) is 5.60 Å². The van der Waals surface area contributed by atoms with Crippen LogP contribution in [0.3, 0.4) is 0 Å². The molecule has 3 fully saturated rings. The number of carbonyl (C=O) groups excluding carboxylic acids is 5. The number of carbonyl (C=O) groups is 5. The van der Waals surface area contributed by atoms with Gasteiger partial charge < -0.3 is 49.5 Å². The molecule has 8 rings (SSSR count). The quantitative estimate of drug-likeness (QED) is 0.120. The smallest absolute Gasteiger partial charge is 0.355 e. The Kier molecular flexibility index (Phi) is 14.4. The van der Waals surface area contributed by atoms with E-state index in [0.29, 0.717) is 24.1 Å². The number of nitrogens with one attached hydrogen (secondary N) is 2. The number of aromatic nitrogens is 2. The molecule has 18 heteroatoms. The Morgan fingerprint density at radius 1 is 0.986 bits per heavy atom. The fourth-order valence-corrected chi connectivity index (χ4v) is 10.7. The van der Waals surface area contributed by atoms with Crippen LogP contribution in [0.15, 0.2) is 67.4 Å². The van der Waals surface area contributed by atoms with Crippen molar-refractivity contribution < 1.29 is 44.0 Å². The Morgan fingerprint density at radius 3 is 2.39 bits per heavy atom. The van der Waals surface area contributed by atoms with Crippen molar-refractivity contribution in [2.45, 2.75) is 96.7 Å². The van der Waals surface area contributed by atoms with Crippen LogP contribution < -0.4 is 15.6 Å². The first kappa shape index (κ1) is 51.0. The van der Waals surface area contributed by atoms with Gasteiger partial charge in [-0.25, -0.2) is 9.78 Å². The van der Waals surface area contributed by atoms with Crippen LogP contribution in [0.1, 0.15) is 65.0 Å². The van der Waals surface area contributed by atoms with Crippen LogP contribution in [-0.2, 0) is 48.1 Å². The molecule has 2 aromatic carbocycles. The van der Waals surface area contributed by atoms with Crippen molar-refractivity contribution in [1.82, 2.24) is 40.0 Å². The van der Waals surface area contributed by atoms with Gasteiger partial charge in [-0.1, -0.05) is 46.4 Å². The minimum absolute atomic E-state index is 0.0465. The number of aryl methyl sites for hydroxylation is 1. The highest BCUT2D eigenvalue weighted by molar-refractivity contribution is 5.97. The Bertz CT molecular complexity index is 2710. The lowest BCUT2D eigenvalue weighted by atomic mass is 9.84. The number of hydrazine groups is 1. The molecule has 4 aliphatic heterocycles. The molecule has 3 saturated heterocycles. The van der Waals surface area contributed by atoms with Crippen molar-refractivity contribution in [1.29, 1.82) is 0 Å². The number of hydrogen-bond donors (Lipinski definition) is 5. The number of amides is 4. The van der Waals surface area contributed by atoms with Gasteiger partial charge in [-0.05, 0) is 97.5 Å². The monoisotopic (exact) mass is 976 g/mol. The summed E-state index contributed by atoms with van der Waals surface area (Å²) in [6.45, 7) is 17.2. The molecule has 4 aliphatic rings. The predicted octanol–water partition coefficient (Wildman–Crippen LogP) is 3.45. The van der Waals surface area contributed by atoms with E-state index in [-0.39, 0.29) is 57.7 Å². The average molecular weight is 976 g/mol. The van der Waals surface area contributed by atoms with Gasteiger partial charge in [-0.2, -0.15) is 5.43 Å². The van der Waals surface area contributed by atoms with Gasteiger partial charge in [0.2, 0.25) is 17.5 Å². The van der Waals surface area contributed by atoms with Gasteiger partial charge in [-0.3, -0.25) is 24.2 Å². The summed E-state index contributed by atoms with van der Waals surface area (Å²) in [6.07, 6.45) is 3.47. The van der Waals surface area contributed by atoms with E-state index in [2.05, 4.69) is 69.9 Å². The van der Waals surface area contributed by atoms with E-state index in [9.17, 15) is 39.3 Å². The van der Waals surface area contributed by atoms with Crippen molar-refractivity contribution in [2.75, 3.05) is 71.4 Å². The summed E-state index contributed by atoms with van der Waals surface area (Å²) in [6, 6.07) is 12.8. The number of piperazine rings is 1. The second-order valence-corrected chi connectivity index (χ2v) is 21.0. The number of fused-ring (bicyclic) bond motifs is 6. The number of pyridine rings is 1. The summed E-state index contributed by atoms with van der Waals surface area (Å²) in [5.74, 6) is -3.22. The number of ether oxygens (including phenoxy) is 1. The fourth-order valence-electron chi connectivity index (χ4n) is 10.7. The number of cyclic esters (lactones) is 1. The van der Waals surface area contributed by atoms with E-state index in [4.69, 9.17) is 9.72 Å². The van der Waals surface area contributed by atoms with Crippen molar-refractivity contribution in [3.05, 3.63) is 78.5 Å². The number of phenolic OH excluding ortho intramolecular Hbond substituents is 1. The van der Waals surface area contributed by atoms with E-state index in [1.165, 1.54) is 18.0 Å². The first-order valence-electron chi connectivity index (χ1n) is 24.7. The average Bonchev–Trinajstić information content (AvgIpc) is 3.89. The zero-order chi connectivity index (χ0) is 51.2. The summed E-state index contributed by atoms with van der Waals surface area (Å²) in [5.41, 5.74) is 3.67. The van der Waals surface area contributed by atoms with E-state index in [1.807, 2.05) is 32.2 Å². The molecule has 0 aliphatic carbocycles. The second-order valence-electron chi connectivity index (χ2n) is 21.0. The standard InChI is InChI=1S/C53H69N9O9/c1-9-44(64)60-19-17-52(69,31-60)49(67)58(8)45(33(3)4)47(65)55-41-26-34-24-37(27-38(63)25-34)35-12-14-42-39(28-35)40(29-51(5,6)32-71-50(68)53(70)16-11-18-62(56-53)48(41)66)46(61(42)10-2)36-13-15-43(54-30-36)59-22-20-57(7)21-23-59/h9,12-15,24-25,27-28,30,33,41,45,56,63,69-70H,1,10-11,16-23,26,29,31-32H2,2-8H3,(H,55,65)/t41-,45-,52+,53-/m0/s1. The number of β-amino-alcohol motifs (C(OH)–C–C–N with tert-alkyl or cyclic N) is 1. The van der Waals surface area contributed by atoms with Gasteiger partial charge in [-0.15, -0.1) is 0 Å². The Morgan fingerprint density at radius 2 is 1.72 bits per heavy atom. The molecule has 0 spiro atoms. The van der Waals surface area contributed by atoms with Crippen LogP contribution in [0.2, 0.25) is 0 Å². The number of aromatic hydroxyl groups is 1. The van der Waals surface area contributed by atoms with E-state index >= 15 is 0 Å². The van der Waals surface area contributed by atoms with Crippen LogP contribution in [0.4, 0.5) is 5.82 Å². The van der Waals surface area contributed by atoms with Gasteiger partial charge in [0.25, 0.3) is 11.8 Å². The molecular weight excluding hydrogens is 907 g/mol. The summed E-state index contributed by atoms with van der Waals surface area (Å²) in [7, 11) is 3.52. The predicted molar refractivity (Wildman–Crippen MR) is 269 cm³/mol. The molecule has 4 amide bonds. The molecule has 18 nitrogen and oxygen atoms in total. The van der Waals surface area contributed by atoms with E-state index in [1.54, 1.807) is 19.9 Å². The zero-order valence-electron chi connectivity index (χ0n) is 42.0. The fraction of sp³-hybridized carbons (Fsp3) is 0.509. The maximum Gasteiger partial charge on any atom is 0.355 e. The van der Waals surface area contributed by atoms with Gasteiger partial charge in [0.1, 0.15) is 23.7 Å². The molecule has 4 aromatic rings. The largest absolute Gasteiger partial charge is 0.508 e. The SMILES string of the molecule is C=CC(=O)N1CC[C@](O)(C(=O)N(C)[C@H](C(=O)N[C@H]2Cc3cc(O)cc(c3)-c3ccc4c(c3)c(c(-c3ccc(N5CCN(C)CC5)nc3)n4CC)CC(C)(C)COC(=O)[C@@]3(O)CCCN(N3)C2=O)C(C)C)C1. The van der Waals surface area contributed by atoms with Crippen molar-refractivity contribution in [2.24, 2.45) is 11.3 Å². The molecule has 71 heavy (non-hydrogen) atoms. The molecule has 5 N–H and O–H groups in total. The third-order valence-electron chi connectivity index (χ3n) is 14.6. The third kappa shape index (κ3) is 10.4. The number of benzene rings is 2. The van der Waals surface area contributed by atoms with Crippen LogP contribution in [0, 0.1) is 11.3 Å². The molecule has 0 unspecified atom stereocenters. The molecule has 6 bridgehead atoms. The minimum atomic E-state index is -2.29. The normalized spacial score (nSPS) is 23.6. The highest BCUT2D eigenvalue weighted by Gasteiger charge is 2.49. The van der Waals surface area contributed by atoms with Crippen molar-refractivity contribution >= 4 is 46.3 Å². The second kappa shape index (κ2) is 20.0. The molecule has 380 valence electrons. The van der Waals surface area contributed by atoms with Gasteiger partial charge in [0, 0.05) is 100 Å². The topological polar surface area (TPSA) is 213 Å². The zero-order valence-corrected chi connectivity index (χ0v) is 42.0. The lowest BCUT2D eigenvalue weighted by molar-refractivity contribution is -0.189. The Labute approximate surface area is 415 Å². The summed E-state index contributed by atoms with van der Waals surface area (Å²) in [4.78, 5) is 81.8. The van der Waals surface area contributed by atoms with E-state index < -0.39 is 64.3 Å². The summed E-state index contributed by atoms with van der Waals surface area (Å²) >= 11 is 0. The third-order valence-corrected chi connectivity index (χ3v) is 14.6. The van der Waals surface area contributed by atoms with Gasteiger partial charge >= 0.3 is 5.97 Å². The molecule has 0 saturated carbocycles. The van der Waals surface area contributed by atoms with Crippen LogP contribution in [0.25, 0.3) is 33.3 Å². The number of nitrogens with zero attached hydrogens (tertiary/aromatic N) is 7. The minimum Gasteiger partial charge on any atom is -0.508 e. The van der Waals surface area contributed by atoms with Gasteiger partial charge in [0.05, 0.1) is 18.8 Å². The maximum atomic E-state index is 14.8. The highest BCUT2D eigenvalue weighted by atomic mass is 16.6. The molecule has 0 radical (unpaired) electrons.